The van der Waals surface area contributed by atoms with Crippen LogP contribution in [0.2, 0.25) is 0 Å². The van der Waals surface area contributed by atoms with Gasteiger partial charge in [-0.3, -0.25) is 0 Å². The van der Waals surface area contributed by atoms with E-state index in [0.29, 0.717) is 30.0 Å². The van der Waals surface area contributed by atoms with Gasteiger partial charge in [0.15, 0.2) is 0 Å². The van der Waals surface area contributed by atoms with Gasteiger partial charge in [-0.2, -0.15) is 13.2 Å². The summed E-state index contributed by atoms with van der Waals surface area (Å²) in [7, 11) is 0. The zero-order chi connectivity index (χ0) is 21.1. The van der Waals surface area contributed by atoms with E-state index in [2.05, 4.69) is 10.2 Å². The fourth-order valence-electron chi connectivity index (χ4n) is 4.45. The highest BCUT2D eigenvalue weighted by Gasteiger charge is 2.35. The second-order valence-corrected chi connectivity index (χ2v) is 9.17. The van der Waals surface area contributed by atoms with Crippen LogP contribution in [-0.2, 0) is 12.6 Å². The maximum absolute atomic E-state index is 13.7. The van der Waals surface area contributed by atoms with Crippen molar-refractivity contribution in [3.8, 4) is 0 Å². The van der Waals surface area contributed by atoms with Gasteiger partial charge in [-0.1, -0.05) is 23.9 Å². The minimum Gasteiger partial charge on any atom is -0.396 e. The van der Waals surface area contributed by atoms with Crippen molar-refractivity contribution in [2.24, 2.45) is 5.92 Å². The lowest BCUT2D eigenvalue weighted by Gasteiger charge is -2.32. The molecule has 0 atom stereocenters. The first kappa shape index (κ1) is 21.5. The molecule has 0 unspecified atom stereocenters. The summed E-state index contributed by atoms with van der Waals surface area (Å²) >= 11 is 1.52. The summed E-state index contributed by atoms with van der Waals surface area (Å²) in [6, 6.07) is 10.5. The number of likely N-dealkylation sites (tertiary alicyclic amines) is 1. The minimum atomic E-state index is -4.36. The molecule has 2 aromatic rings. The highest BCUT2D eigenvalue weighted by atomic mass is 32.2. The molecule has 7 heteroatoms. The van der Waals surface area contributed by atoms with E-state index < -0.39 is 11.7 Å². The fraction of sp³-hybridized carbons (Fsp3) is 0.478. The summed E-state index contributed by atoms with van der Waals surface area (Å²) in [5, 5.41) is 12.4. The van der Waals surface area contributed by atoms with Gasteiger partial charge in [-0.25, -0.2) is 0 Å². The smallest absolute Gasteiger partial charge is 0.396 e. The van der Waals surface area contributed by atoms with Crippen molar-refractivity contribution in [3.05, 3.63) is 47.5 Å². The molecule has 2 heterocycles. The number of nitrogens with one attached hydrogen (secondary N) is 1. The molecule has 3 nitrogen and oxygen atoms in total. The van der Waals surface area contributed by atoms with Gasteiger partial charge in [-0.05, 0) is 87.5 Å². The summed E-state index contributed by atoms with van der Waals surface area (Å²) in [6.07, 6.45) is -0.309. The minimum absolute atomic E-state index is 0.234. The number of rotatable bonds is 6. The van der Waals surface area contributed by atoms with Crippen molar-refractivity contribution in [2.75, 3.05) is 31.6 Å². The Labute approximate surface area is 179 Å². The first-order valence-corrected chi connectivity index (χ1v) is 11.4. The predicted molar refractivity (Wildman–Crippen MR) is 114 cm³/mol. The number of aliphatic hydroxyl groups excluding tert-OH is 1. The average molecular weight is 437 g/mol. The number of piperidine rings is 1. The summed E-state index contributed by atoms with van der Waals surface area (Å²) in [4.78, 5) is 4.22. The highest BCUT2D eigenvalue weighted by Crippen LogP contribution is 2.48. The number of alkyl halides is 3. The molecule has 30 heavy (non-hydrogen) atoms. The number of hydrogen-bond donors (Lipinski definition) is 2. The third-order valence-corrected chi connectivity index (χ3v) is 7.23. The van der Waals surface area contributed by atoms with E-state index in [9.17, 15) is 13.2 Å². The van der Waals surface area contributed by atoms with E-state index in [1.807, 2.05) is 24.3 Å². The number of benzene rings is 2. The molecule has 2 aromatic carbocycles. The number of fused-ring (bicyclic) bond motifs is 2. The van der Waals surface area contributed by atoms with Crippen LogP contribution in [0.15, 0.2) is 46.2 Å². The second kappa shape index (κ2) is 9.20. The van der Waals surface area contributed by atoms with Crippen molar-refractivity contribution in [3.63, 3.8) is 0 Å². The van der Waals surface area contributed by atoms with Gasteiger partial charge in [0.1, 0.15) is 0 Å². The number of para-hydroxylation sites is 1. The fourth-order valence-corrected chi connectivity index (χ4v) is 5.47. The molecule has 2 N–H and O–H groups in total. The van der Waals surface area contributed by atoms with Crippen molar-refractivity contribution >= 4 is 23.1 Å². The lowest BCUT2D eigenvalue weighted by molar-refractivity contribution is -0.138. The Morgan fingerprint density at radius 2 is 1.83 bits per heavy atom. The van der Waals surface area contributed by atoms with E-state index >= 15 is 0 Å². The number of anilines is 2. The summed E-state index contributed by atoms with van der Waals surface area (Å²) in [6.45, 7) is 2.96. The van der Waals surface area contributed by atoms with Crippen LogP contribution in [0.4, 0.5) is 24.5 Å². The topological polar surface area (TPSA) is 35.5 Å². The zero-order valence-corrected chi connectivity index (χ0v) is 17.7. The molecule has 4 rings (SSSR count). The third-order valence-electron chi connectivity index (χ3n) is 6.09. The van der Waals surface area contributed by atoms with Crippen molar-refractivity contribution in [2.45, 2.75) is 48.1 Å². The quantitative estimate of drug-likeness (QED) is 0.501. The Bertz CT molecular complexity index is 879. The molecular formula is C23H27F3N2OS. The van der Waals surface area contributed by atoms with Crippen LogP contribution < -0.4 is 5.32 Å². The molecule has 2 aliphatic heterocycles. The van der Waals surface area contributed by atoms with Crippen molar-refractivity contribution in [1.82, 2.24) is 4.90 Å². The number of nitrogens with zero attached hydrogens (tertiary/aromatic N) is 1. The van der Waals surface area contributed by atoms with E-state index in [1.54, 1.807) is 6.07 Å². The molecule has 0 radical (unpaired) electrons. The molecule has 1 fully saturated rings. The molecule has 162 valence electrons. The van der Waals surface area contributed by atoms with Crippen LogP contribution in [0.5, 0.6) is 0 Å². The highest BCUT2D eigenvalue weighted by molar-refractivity contribution is 7.99. The first-order chi connectivity index (χ1) is 14.5. The summed E-state index contributed by atoms with van der Waals surface area (Å²) in [5.41, 5.74) is 1.31. The van der Waals surface area contributed by atoms with Gasteiger partial charge in [0.2, 0.25) is 0 Å². The predicted octanol–water partition coefficient (Wildman–Crippen LogP) is 5.94. The van der Waals surface area contributed by atoms with E-state index in [1.165, 1.54) is 17.8 Å². The molecule has 0 spiro atoms. The van der Waals surface area contributed by atoms with Crippen molar-refractivity contribution < 1.29 is 18.3 Å². The van der Waals surface area contributed by atoms with E-state index in [-0.39, 0.29) is 6.61 Å². The summed E-state index contributed by atoms with van der Waals surface area (Å²) in [5.74, 6) is 0.575. The van der Waals surface area contributed by atoms with Gasteiger partial charge in [0.05, 0.1) is 16.9 Å². The molecule has 0 aliphatic carbocycles. The molecular weight excluding hydrogens is 409 g/mol. The maximum atomic E-state index is 13.7. The Morgan fingerprint density at radius 3 is 2.57 bits per heavy atom. The maximum Gasteiger partial charge on any atom is 0.416 e. The van der Waals surface area contributed by atoms with Crippen LogP contribution in [0.25, 0.3) is 0 Å². The van der Waals surface area contributed by atoms with Crippen molar-refractivity contribution in [1.29, 1.82) is 0 Å². The van der Waals surface area contributed by atoms with Gasteiger partial charge >= 0.3 is 6.18 Å². The lowest BCUT2D eigenvalue weighted by atomic mass is 9.93. The van der Waals surface area contributed by atoms with Gasteiger partial charge in [0.25, 0.3) is 0 Å². The van der Waals surface area contributed by atoms with Gasteiger partial charge in [-0.15, -0.1) is 0 Å². The Kier molecular flexibility index (Phi) is 6.60. The van der Waals surface area contributed by atoms with Gasteiger partial charge < -0.3 is 15.3 Å². The lowest BCUT2D eigenvalue weighted by Crippen LogP contribution is -2.34. The molecule has 0 bridgehead atoms. The normalized spacial score (nSPS) is 17.3. The molecule has 2 aliphatic rings. The first-order valence-electron chi connectivity index (χ1n) is 10.6. The SMILES string of the molecule is OCCC1CCN(CCCc2c(C(F)(F)F)ccc3c2Nc2ccccc2S3)CC1. The average Bonchev–Trinajstić information content (AvgIpc) is 2.73. The molecule has 0 aromatic heterocycles. The standard InChI is InChI=1S/C23H27F3N2OS/c24-23(25,26)18-7-8-21-22(27-19-5-1-2-6-20(19)30-21)17(18)4-3-12-28-13-9-16(10-14-28)11-15-29/h1-2,5-8,16,27,29H,3-4,9-15H2. The Balaban J connectivity index is 1.48. The monoisotopic (exact) mass is 436 g/mol. The Hall–Kier alpha value is -1.70. The van der Waals surface area contributed by atoms with Crippen LogP contribution in [0.3, 0.4) is 0 Å². The molecule has 0 saturated carbocycles. The third kappa shape index (κ3) is 4.79. The van der Waals surface area contributed by atoms with E-state index in [0.717, 1.165) is 54.4 Å². The van der Waals surface area contributed by atoms with Crippen LogP contribution in [0.1, 0.15) is 36.8 Å². The number of hydrogen-bond acceptors (Lipinski definition) is 4. The van der Waals surface area contributed by atoms with E-state index in [4.69, 9.17) is 5.11 Å². The largest absolute Gasteiger partial charge is 0.416 e. The number of halogens is 3. The van der Waals surface area contributed by atoms with Crippen LogP contribution >= 0.6 is 11.8 Å². The Morgan fingerprint density at radius 1 is 1.07 bits per heavy atom. The molecule has 1 saturated heterocycles. The van der Waals surface area contributed by atoms with Crippen LogP contribution in [-0.4, -0.2) is 36.2 Å². The van der Waals surface area contributed by atoms with Crippen LogP contribution in [0, 0.1) is 5.92 Å². The zero-order valence-electron chi connectivity index (χ0n) is 16.8. The number of aliphatic hydroxyl groups is 1. The molecule has 0 amide bonds. The summed E-state index contributed by atoms with van der Waals surface area (Å²) < 4.78 is 41.2. The second-order valence-electron chi connectivity index (χ2n) is 8.09. The van der Waals surface area contributed by atoms with Gasteiger partial charge in [0, 0.05) is 16.4 Å².